The fourth-order valence-corrected chi connectivity index (χ4v) is 2.31. The summed E-state index contributed by atoms with van der Waals surface area (Å²) in [7, 11) is 0. The van der Waals surface area contributed by atoms with Crippen molar-refractivity contribution in [1.82, 2.24) is 9.97 Å². The van der Waals surface area contributed by atoms with E-state index in [1.54, 1.807) is 18.1 Å². The molecule has 0 aliphatic carbocycles. The van der Waals surface area contributed by atoms with Crippen molar-refractivity contribution in [2.45, 2.75) is 37.5 Å². The lowest BCUT2D eigenvalue weighted by Crippen LogP contribution is -2.08. The van der Waals surface area contributed by atoms with Crippen LogP contribution in [0.3, 0.4) is 0 Å². The van der Waals surface area contributed by atoms with Gasteiger partial charge in [-0.3, -0.25) is 0 Å². The van der Waals surface area contributed by atoms with Crippen molar-refractivity contribution >= 4 is 17.6 Å². The second-order valence-electron chi connectivity index (χ2n) is 3.50. The lowest BCUT2D eigenvalue weighted by Gasteiger charge is -2.13. The lowest BCUT2D eigenvalue weighted by molar-refractivity contribution is 0.300. The highest BCUT2D eigenvalue weighted by atomic mass is 32.2. The van der Waals surface area contributed by atoms with Crippen LogP contribution in [0, 0.1) is 0 Å². The van der Waals surface area contributed by atoms with Crippen molar-refractivity contribution in [2.24, 2.45) is 0 Å². The minimum absolute atomic E-state index is 0.161. The van der Waals surface area contributed by atoms with Crippen LogP contribution in [0.15, 0.2) is 11.4 Å². The predicted octanol–water partition coefficient (Wildman–Crippen LogP) is 1.94. The van der Waals surface area contributed by atoms with Gasteiger partial charge in [0.2, 0.25) is 0 Å². The van der Waals surface area contributed by atoms with Gasteiger partial charge in [-0.05, 0) is 13.3 Å². The van der Waals surface area contributed by atoms with E-state index in [1.165, 1.54) is 0 Å². The van der Waals surface area contributed by atoms with Crippen molar-refractivity contribution in [3.8, 4) is 0 Å². The van der Waals surface area contributed by atoms with Crippen LogP contribution in [-0.4, -0.2) is 33.5 Å². The number of aliphatic hydroxyl groups is 1. The highest BCUT2D eigenvalue weighted by Gasteiger charge is 2.12. The molecule has 0 spiro atoms. The molecule has 1 rings (SSSR count). The van der Waals surface area contributed by atoms with Gasteiger partial charge in [0.15, 0.2) is 0 Å². The number of nitrogens with zero attached hydrogens (tertiary/aromatic N) is 2. The second-order valence-corrected chi connectivity index (χ2v) is 4.93. The average Bonchev–Trinajstić information content (AvgIpc) is 2.29. The van der Waals surface area contributed by atoms with E-state index < -0.39 is 0 Å². The Bertz CT molecular complexity index is 333. The third-order valence-electron chi connectivity index (χ3n) is 2.17. The molecule has 1 atom stereocenters. The van der Waals surface area contributed by atoms with Gasteiger partial charge >= 0.3 is 0 Å². The first kappa shape index (κ1) is 13.3. The summed E-state index contributed by atoms with van der Waals surface area (Å²) < 4.78 is 0. The second kappa shape index (κ2) is 6.70. The minimum Gasteiger partial charge on any atom is -0.395 e. The zero-order valence-corrected chi connectivity index (χ0v) is 10.8. The zero-order chi connectivity index (χ0) is 12.0. The lowest BCUT2D eigenvalue weighted by atomic mass is 10.2. The Morgan fingerprint density at radius 2 is 2.19 bits per heavy atom. The molecule has 1 aromatic heterocycles. The van der Waals surface area contributed by atoms with Gasteiger partial charge in [-0.1, -0.05) is 13.8 Å². The average molecular weight is 241 g/mol. The third-order valence-corrected chi connectivity index (χ3v) is 3.30. The number of aromatic nitrogens is 2. The zero-order valence-electron chi connectivity index (χ0n) is 10.0. The Morgan fingerprint density at radius 3 is 2.75 bits per heavy atom. The summed E-state index contributed by atoms with van der Waals surface area (Å²) in [5.74, 6) is 0.910. The molecule has 0 radical (unpaired) electrons. The maximum atomic E-state index is 9.05. The van der Waals surface area contributed by atoms with Gasteiger partial charge in [-0.25, -0.2) is 9.97 Å². The van der Waals surface area contributed by atoms with Crippen LogP contribution in [0.1, 0.15) is 26.3 Å². The quantitative estimate of drug-likeness (QED) is 0.589. The number of nitrogens with one attached hydrogen (secondary N) is 1. The summed E-state index contributed by atoms with van der Waals surface area (Å²) in [6, 6.07) is 0. The van der Waals surface area contributed by atoms with Gasteiger partial charge in [0.1, 0.15) is 17.2 Å². The van der Waals surface area contributed by atoms with Crippen molar-refractivity contribution < 1.29 is 5.11 Å². The van der Waals surface area contributed by atoms with E-state index >= 15 is 0 Å². The molecule has 0 bridgehead atoms. The molecule has 2 N–H and O–H groups in total. The van der Waals surface area contributed by atoms with E-state index in [2.05, 4.69) is 22.2 Å². The highest BCUT2D eigenvalue weighted by molar-refractivity contribution is 7.99. The molecule has 0 aromatic carbocycles. The van der Waals surface area contributed by atoms with Gasteiger partial charge in [-0.2, -0.15) is 0 Å². The Labute approximate surface area is 101 Å². The Kier molecular flexibility index (Phi) is 5.55. The fourth-order valence-electron chi connectivity index (χ4n) is 1.36. The van der Waals surface area contributed by atoms with E-state index in [9.17, 15) is 0 Å². The monoisotopic (exact) mass is 241 g/mol. The van der Waals surface area contributed by atoms with Gasteiger partial charge in [0.05, 0.1) is 6.61 Å². The molecule has 0 aliphatic rings. The SMILES string of the molecule is CCNc1ncnc(SC(C)CO)c1CC. The van der Waals surface area contributed by atoms with Crippen molar-refractivity contribution in [3.63, 3.8) is 0 Å². The summed E-state index contributed by atoms with van der Waals surface area (Å²) in [5, 5.41) is 13.4. The first-order valence-electron chi connectivity index (χ1n) is 5.58. The summed E-state index contributed by atoms with van der Waals surface area (Å²) in [5.41, 5.74) is 1.13. The smallest absolute Gasteiger partial charge is 0.133 e. The summed E-state index contributed by atoms with van der Waals surface area (Å²) in [6.07, 6.45) is 2.47. The van der Waals surface area contributed by atoms with Gasteiger partial charge in [0, 0.05) is 17.4 Å². The molecule has 90 valence electrons. The molecule has 0 saturated carbocycles. The van der Waals surface area contributed by atoms with Gasteiger partial charge < -0.3 is 10.4 Å². The molecule has 1 heterocycles. The van der Waals surface area contributed by atoms with Crippen molar-refractivity contribution in [2.75, 3.05) is 18.5 Å². The highest BCUT2D eigenvalue weighted by Crippen LogP contribution is 2.28. The van der Waals surface area contributed by atoms with Crippen LogP contribution in [0.4, 0.5) is 5.82 Å². The maximum Gasteiger partial charge on any atom is 0.133 e. The summed E-state index contributed by atoms with van der Waals surface area (Å²) in [6.45, 7) is 7.13. The van der Waals surface area contributed by atoms with Crippen LogP contribution in [-0.2, 0) is 6.42 Å². The number of rotatable bonds is 6. The van der Waals surface area contributed by atoms with E-state index in [-0.39, 0.29) is 11.9 Å². The largest absolute Gasteiger partial charge is 0.395 e. The number of hydrogen-bond donors (Lipinski definition) is 2. The normalized spacial score (nSPS) is 12.5. The molecular weight excluding hydrogens is 222 g/mol. The van der Waals surface area contributed by atoms with Crippen LogP contribution in [0.2, 0.25) is 0 Å². The Hall–Kier alpha value is -0.810. The molecule has 16 heavy (non-hydrogen) atoms. The first-order valence-corrected chi connectivity index (χ1v) is 6.46. The van der Waals surface area contributed by atoms with Gasteiger partial charge in [-0.15, -0.1) is 11.8 Å². The number of aliphatic hydroxyl groups excluding tert-OH is 1. The van der Waals surface area contributed by atoms with Crippen LogP contribution in [0.5, 0.6) is 0 Å². The number of hydrogen-bond acceptors (Lipinski definition) is 5. The fraction of sp³-hybridized carbons (Fsp3) is 0.636. The molecule has 0 amide bonds. The minimum atomic E-state index is 0.161. The topological polar surface area (TPSA) is 58.0 Å². The Morgan fingerprint density at radius 1 is 1.44 bits per heavy atom. The molecule has 0 saturated heterocycles. The van der Waals surface area contributed by atoms with Crippen molar-refractivity contribution in [3.05, 3.63) is 11.9 Å². The van der Waals surface area contributed by atoms with Crippen LogP contribution < -0.4 is 5.32 Å². The summed E-state index contributed by atoms with van der Waals surface area (Å²) in [4.78, 5) is 8.52. The first-order chi connectivity index (χ1) is 7.72. The van der Waals surface area contributed by atoms with E-state index in [1.807, 2.05) is 13.8 Å². The van der Waals surface area contributed by atoms with E-state index in [0.717, 1.165) is 29.4 Å². The number of thioether (sulfide) groups is 1. The Balaban J connectivity index is 2.94. The maximum absolute atomic E-state index is 9.05. The van der Waals surface area contributed by atoms with Crippen LogP contribution >= 0.6 is 11.8 Å². The molecule has 1 aromatic rings. The molecule has 4 nitrogen and oxygen atoms in total. The predicted molar refractivity (Wildman–Crippen MR) is 68.0 cm³/mol. The molecule has 5 heteroatoms. The molecular formula is C11H19N3OS. The van der Waals surface area contributed by atoms with Crippen LogP contribution in [0.25, 0.3) is 0 Å². The summed E-state index contributed by atoms with van der Waals surface area (Å²) >= 11 is 1.59. The molecule has 0 aliphatic heterocycles. The standard InChI is InChI=1S/C11H19N3OS/c1-4-9-10(12-5-2)13-7-14-11(9)16-8(3)6-15/h7-8,15H,4-6H2,1-3H3,(H,12,13,14). The van der Waals surface area contributed by atoms with Crippen molar-refractivity contribution in [1.29, 1.82) is 0 Å². The molecule has 0 fully saturated rings. The third kappa shape index (κ3) is 3.35. The number of anilines is 1. The van der Waals surface area contributed by atoms with E-state index in [4.69, 9.17) is 5.11 Å². The van der Waals surface area contributed by atoms with E-state index in [0.29, 0.717) is 0 Å². The van der Waals surface area contributed by atoms with Gasteiger partial charge in [0.25, 0.3) is 0 Å². The molecule has 1 unspecified atom stereocenters.